The normalized spacial score (nSPS) is 19.2. The molecule has 94 heavy (non-hydrogen) atoms. The predicted molar refractivity (Wildman–Crippen MR) is 339 cm³/mol. The van der Waals surface area contributed by atoms with Gasteiger partial charge in [-0.15, -0.1) is 4.33 Å². The number of nitrogen functional groups attached to an aromatic ring is 1. The van der Waals surface area contributed by atoms with E-state index in [0.717, 1.165) is 23.0 Å². The number of amides is 1. The minimum Gasteiger partial charge on any atom is -0.369 e. The second-order valence-corrected chi connectivity index (χ2v) is 32.0. The number of H-pyrrole nitrogens is 1. The van der Waals surface area contributed by atoms with E-state index in [4.69, 9.17) is 30.0 Å². The minimum atomic E-state index is -5.76. The highest BCUT2D eigenvalue weighted by molar-refractivity contribution is 7.94. The Balaban J connectivity index is 0.910. The molecular weight excluding hydrogens is 1380 g/mol. The van der Waals surface area contributed by atoms with Crippen LogP contribution in [0.25, 0.3) is 32.6 Å². The number of phosphoric ester groups is 1. The highest BCUT2D eigenvalue weighted by atomic mass is 32.2. The van der Waals surface area contributed by atoms with Crippen molar-refractivity contribution >= 4 is 127 Å². The molecule has 1 fully saturated rings. The Morgan fingerprint density at radius 2 is 1.54 bits per heavy atom. The third kappa shape index (κ3) is 15.7. The number of anilines is 2. The van der Waals surface area contributed by atoms with Crippen molar-refractivity contribution in [2.45, 2.75) is 116 Å². The highest BCUT2D eigenvalue weighted by Gasteiger charge is 2.47. The Morgan fingerprint density at radius 3 is 2.20 bits per heavy atom. The number of unbranched alkanes of at least 4 members (excludes halogenated alkanes) is 2. The number of allylic oxidation sites excluding steroid dienone is 6. The van der Waals surface area contributed by atoms with E-state index in [1.54, 1.807) is 24.3 Å². The maximum Gasteiger partial charge on any atom is 0.490 e. The van der Waals surface area contributed by atoms with Gasteiger partial charge in [-0.1, -0.05) is 55.0 Å². The van der Waals surface area contributed by atoms with Crippen LogP contribution in [-0.4, -0.2) is 127 Å². The summed E-state index contributed by atoms with van der Waals surface area (Å²) in [5, 5.41) is 16.6. The molecule has 39 heteroatoms. The summed E-state index contributed by atoms with van der Waals surface area (Å²) in [5.74, 6) is 5.06. The fraction of sp³-hybridized carbons (Fsp3) is 0.345. The van der Waals surface area contributed by atoms with Gasteiger partial charge in [0.2, 0.25) is 17.5 Å². The van der Waals surface area contributed by atoms with Crippen LogP contribution in [-0.2, 0) is 86.9 Å². The lowest BCUT2D eigenvalue weighted by Crippen LogP contribution is -2.28. The maximum absolute atomic E-state index is 13.2. The number of carbonyl (C=O) groups excluding carboxylic acids is 1. The predicted octanol–water partition coefficient (Wildman–Crippen LogP) is 7.72. The molecule has 3 aliphatic heterocycles. The molecule has 4 aromatic carbocycles. The molecule has 12 N–H and O–H groups in total. The van der Waals surface area contributed by atoms with Crippen molar-refractivity contribution in [1.82, 2.24) is 19.9 Å². The van der Waals surface area contributed by atoms with Gasteiger partial charge in [-0.2, -0.15) is 43.4 Å². The van der Waals surface area contributed by atoms with Gasteiger partial charge in [-0.3, -0.25) is 32.8 Å². The van der Waals surface area contributed by atoms with Crippen molar-refractivity contribution in [3.63, 3.8) is 0 Å². The van der Waals surface area contributed by atoms with Crippen molar-refractivity contribution in [3.8, 4) is 11.8 Å². The zero-order valence-electron chi connectivity index (χ0n) is 50.2. The molecule has 6 aromatic rings. The molecule has 1 saturated heterocycles. The topological polar surface area (TPSA) is 483 Å². The van der Waals surface area contributed by atoms with E-state index in [2.05, 4.69) is 50.0 Å². The van der Waals surface area contributed by atoms with Gasteiger partial charge < -0.3 is 44.8 Å². The number of rotatable bonds is 25. The van der Waals surface area contributed by atoms with E-state index in [0.29, 0.717) is 78.2 Å². The second-order valence-electron chi connectivity index (χ2n) is 22.6. The first-order chi connectivity index (χ1) is 43.8. The molecular formula is C55H63N7O25P3S4+. The summed E-state index contributed by atoms with van der Waals surface area (Å²) in [4.78, 5) is 70.3. The van der Waals surface area contributed by atoms with Crippen LogP contribution >= 0.6 is 35.5 Å². The summed E-state index contributed by atoms with van der Waals surface area (Å²) in [6.45, 7) is 9.52. The summed E-state index contributed by atoms with van der Waals surface area (Å²) in [5.41, 5.74) is 7.71. The number of ether oxygens (including phenoxy) is 1. The summed E-state index contributed by atoms with van der Waals surface area (Å²) in [7, 11) is -31.6. The number of benzene rings is 4. The summed E-state index contributed by atoms with van der Waals surface area (Å²) < 4.78 is 168. The third-order valence-electron chi connectivity index (χ3n) is 15.7. The van der Waals surface area contributed by atoms with Gasteiger partial charge in [-0.05, 0) is 111 Å². The van der Waals surface area contributed by atoms with E-state index in [-0.39, 0.29) is 69.9 Å². The van der Waals surface area contributed by atoms with Crippen molar-refractivity contribution in [2.24, 2.45) is 0 Å². The van der Waals surface area contributed by atoms with E-state index < -0.39 is 104 Å². The number of hydrogen-bond acceptors (Lipinski definition) is 22. The van der Waals surface area contributed by atoms with Gasteiger partial charge >= 0.3 is 23.5 Å². The van der Waals surface area contributed by atoms with E-state index >= 15 is 0 Å². The fourth-order valence-electron chi connectivity index (χ4n) is 11.9. The van der Waals surface area contributed by atoms with Crippen LogP contribution in [0.4, 0.5) is 17.3 Å². The molecule has 0 bridgehead atoms. The Kier molecular flexibility index (Phi) is 20.9. The first-order valence-electron chi connectivity index (χ1n) is 28.1. The number of likely N-dealkylation sites (N-methyl/N-ethyl adjacent to an activating group) is 1. The number of nitrogens with one attached hydrogen (secondary N) is 2. The SMILES string of the molecule is CCN1C(=CC=CC=CC2=[N+](CCCCCC(=O)NCC#Cc3cn(C4CCC(COP(=O)(O)OP(=O)(O)OP(=O)(O)O)O4)c4nc(N)[nH]c(=O)c34)c3ccc4c(S(=O)(=O)O)cc(S(=O)(=O)O)cc4c3C2(C)C)C(C)(C)c2c1ccc1c(SOOO)cc(S(=O)(=O)O)cc21. The first kappa shape index (κ1) is 72.0. The highest BCUT2D eigenvalue weighted by Crippen LogP contribution is 2.66. The monoisotopic (exact) mass is 1440 g/mol. The van der Waals surface area contributed by atoms with Gasteiger partial charge in [0, 0.05) is 70.4 Å². The number of nitrogens with zero attached hydrogens (tertiary/aromatic N) is 4. The van der Waals surface area contributed by atoms with Crippen LogP contribution in [0, 0.1) is 11.8 Å². The fourth-order valence-corrected chi connectivity index (χ4v) is 17.5. The van der Waals surface area contributed by atoms with Gasteiger partial charge in [0.25, 0.3) is 35.9 Å². The summed E-state index contributed by atoms with van der Waals surface area (Å²) in [6, 6.07) is 11.1. The standard InChI is InChI=1S/C55H62N7O25P3S4/c1-6-60-40-21-19-36-38(26-34(92(73,74)75)28-42(36)91-85-84-65)49(40)54(2,3)44(60)15-9-7-10-16-45-55(4,5)50-39-27-35(93(76,77)78)29-43(94(79,80)81)37(39)20-22-41(50)61(45)25-12-8-11-17-46(63)57-24-13-14-32-30-62(51-48(32)52(64)59-53(56)58-51)47-23-18-33(83-47)31-82-89(69,70)87-90(71,72)86-88(66,67)68/h7,9-10,15-16,19-22,26-30,33,47H,6,8,11-12,17-18,23-25,31H2,1-5H3,(H11-,56,57,58,59,63,64,65,66,67,68,69,70,71,72,73,74,75,76,77,78,79,80,81)/p+1. The third-order valence-corrected chi connectivity index (χ3v) is 22.7. The molecule has 0 radical (unpaired) electrons. The van der Waals surface area contributed by atoms with Crippen LogP contribution in [0.2, 0.25) is 0 Å². The smallest absolute Gasteiger partial charge is 0.369 e. The molecule has 0 saturated carbocycles. The number of nitrogens with two attached hydrogens (primary N) is 1. The van der Waals surface area contributed by atoms with Crippen LogP contribution in [0.1, 0.15) is 96.1 Å². The molecule has 506 valence electrons. The number of phosphoric acid groups is 3. The number of aromatic amines is 1. The Morgan fingerprint density at radius 1 is 0.862 bits per heavy atom. The molecule has 5 heterocycles. The Hall–Kier alpha value is -6.33. The largest absolute Gasteiger partial charge is 0.490 e. The van der Waals surface area contributed by atoms with Crippen molar-refractivity contribution in [3.05, 3.63) is 118 Å². The van der Waals surface area contributed by atoms with Crippen molar-refractivity contribution < 1.29 is 114 Å². The average Bonchev–Trinajstić information content (AvgIpc) is 1.53. The van der Waals surface area contributed by atoms with Crippen LogP contribution in [0.15, 0.2) is 115 Å². The quantitative estimate of drug-likeness (QED) is 0.00300. The second kappa shape index (κ2) is 27.3. The lowest BCUT2D eigenvalue weighted by Gasteiger charge is -2.26. The average molecular weight is 1440 g/mol. The lowest BCUT2D eigenvalue weighted by atomic mass is 9.79. The Bertz CT molecular complexity index is 4860. The van der Waals surface area contributed by atoms with E-state index in [9.17, 15) is 72.0 Å². The molecule has 32 nitrogen and oxygen atoms in total. The molecule has 9 rings (SSSR count). The first-order valence-corrected chi connectivity index (χ1v) is 37.7. The minimum absolute atomic E-state index is 0.00290. The molecule has 2 aromatic heterocycles. The lowest BCUT2D eigenvalue weighted by molar-refractivity contribution is -0.438. The van der Waals surface area contributed by atoms with Gasteiger partial charge in [0.05, 0.1) is 57.5 Å². The molecule has 1 amide bonds. The maximum atomic E-state index is 13.2. The Labute approximate surface area is 540 Å². The molecule has 0 spiro atoms. The van der Waals surface area contributed by atoms with E-state index in [1.165, 1.54) is 29.0 Å². The van der Waals surface area contributed by atoms with Crippen LogP contribution in [0.5, 0.6) is 0 Å². The van der Waals surface area contributed by atoms with Crippen LogP contribution in [0.3, 0.4) is 0 Å². The summed E-state index contributed by atoms with van der Waals surface area (Å²) >= 11 is 0.549. The van der Waals surface area contributed by atoms with Gasteiger partial charge in [0.1, 0.15) is 17.7 Å². The molecule has 4 unspecified atom stereocenters. The van der Waals surface area contributed by atoms with Crippen LogP contribution < -0.4 is 21.5 Å². The molecule has 0 aliphatic carbocycles. The zero-order chi connectivity index (χ0) is 68.9. The molecule has 4 atom stereocenters. The zero-order valence-corrected chi connectivity index (χ0v) is 56.1. The van der Waals surface area contributed by atoms with Crippen molar-refractivity contribution in [1.29, 1.82) is 0 Å². The molecule has 3 aliphatic rings. The van der Waals surface area contributed by atoms with Gasteiger partial charge in [-0.25, -0.2) is 19.0 Å². The number of hydrogen-bond donors (Lipinski definition) is 11. The van der Waals surface area contributed by atoms with Gasteiger partial charge in [0.15, 0.2) is 11.4 Å². The number of fused-ring (bicyclic) bond motifs is 7. The summed E-state index contributed by atoms with van der Waals surface area (Å²) in [6.07, 6.45) is 10.5. The number of carbonyl (C=O) groups is 1. The van der Waals surface area contributed by atoms with E-state index in [1.807, 2.05) is 63.5 Å². The van der Waals surface area contributed by atoms with Crippen molar-refractivity contribution in [2.75, 3.05) is 36.9 Å². The number of aromatic nitrogens is 3.